The molecule has 1 aliphatic heterocycles. The summed E-state index contributed by atoms with van der Waals surface area (Å²) in [6.45, 7) is 8.66. The number of aromatic nitrogens is 1. The van der Waals surface area contributed by atoms with Crippen LogP contribution in [0.3, 0.4) is 0 Å². The summed E-state index contributed by atoms with van der Waals surface area (Å²) in [6, 6.07) is 9.88. The molecule has 0 N–H and O–H groups in total. The van der Waals surface area contributed by atoms with Crippen molar-refractivity contribution in [3.63, 3.8) is 0 Å². The van der Waals surface area contributed by atoms with E-state index in [9.17, 15) is 22.9 Å². The molecular weight excluding hydrogens is 493 g/mol. The van der Waals surface area contributed by atoms with Gasteiger partial charge in [-0.15, -0.1) is 0 Å². The Bertz CT molecular complexity index is 1260. The first-order chi connectivity index (χ1) is 17.4. The fourth-order valence-corrected chi connectivity index (χ4v) is 6.41. The second-order valence-corrected chi connectivity index (χ2v) is 13.8. The Balaban J connectivity index is 1.68. The van der Waals surface area contributed by atoms with Crippen LogP contribution in [0.5, 0.6) is 0 Å². The molecule has 2 heterocycles. The van der Waals surface area contributed by atoms with Crippen LogP contribution in [0, 0.1) is 23.2 Å². The summed E-state index contributed by atoms with van der Waals surface area (Å²) in [5.74, 6) is 0.0846. The van der Waals surface area contributed by atoms with Crippen molar-refractivity contribution in [3.8, 4) is 17.4 Å². The molecule has 1 aromatic heterocycles. The molecule has 1 saturated carbocycles. The van der Waals surface area contributed by atoms with E-state index in [1.807, 2.05) is 45.0 Å². The molecule has 1 aliphatic carbocycles. The number of Topliss-reactive ketones (excluding diaryl/α,β-unsaturated/α-hetero) is 1. The number of benzene rings is 1. The van der Waals surface area contributed by atoms with Crippen molar-refractivity contribution in [2.75, 3.05) is 29.5 Å². The van der Waals surface area contributed by atoms with Crippen molar-refractivity contribution >= 4 is 21.3 Å². The third kappa shape index (κ3) is 6.23. The maximum Gasteiger partial charge on any atom is 0.200 e. The van der Waals surface area contributed by atoms with Crippen molar-refractivity contribution in [2.45, 2.75) is 70.9 Å². The fourth-order valence-electron chi connectivity index (χ4n) is 5.21. The third-order valence-electron chi connectivity index (χ3n) is 7.41. The molecule has 0 amide bonds. The molecule has 1 aromatic carbocycles. The van der Waals surface area contributed by atoms with Crippen LogP contribution in [0.15, 0.2) is 28.7 Å². The van der Waals surface area contributed by atoms with Gasteiger partial charge in [-0.25, -0.2) is 17.8 Å². The molecular formula is C28H36FN3O4S. The van der Waals surface area contributed by atoms with Gasteiger partial charge in [0.1, 0.15) is 12.0 Å². The van der Waals surface area contributed by atoms with E-state index >= 15 is 0 Å². The zero-order chi connectivity index (χ0) is 27.0. The smallest absolute Gasteiger partial charge is 0.200 e. The van der Waals surface area contributed by atoms with Crippen molar-refractivity contribution in [1.29, 1.82) is 5.26 Å². The molecule has 0 unspecified atom stereocenters. The minimum absolute atomic E-state index is 0.0944. The van der Waals surface area contributed by atoms with E-state index in [1.165, 1.54) is 0 Å². The number of hydrogen-bond donors (Lipinski definition) is 0. The van der Waals surface area contributed by atoms with Crippen LogP contribution in [0.2, 0.25) is 0 Å². The molecule has 2 aromatic rings. The van der Waals surface area contributed by atoms with E-state index in [0.717, 1.165) is 11.3 Å². The normalized spacial score (nSPS) is 24.9. The number of carbonyl (C=O) groups is 1. The maximum atomic E-state index is 14.5. The topological polar surface area (TPSA) is 104 Å². The number of nitrogens with zero attached hydrogens (tertiary/aromatic N) is 3. The molecule has 200 valence electrons. The summed E-state index contributed by atoms with van der Waals surface area (Å²) in [4.78, 5) is 20.1. The largest absolute Gasteiger partial charge is 0.440 e. The average molecular weight is 530 g/mol. The molecule has 7 nitrogen and oxygen atoms in total. The molecule has 2 fully saturated rings. The summed E-state index contributed by atoms with van der Waals surface area (Å²) < 4.78 is 44.4. The number of carbonyl (C=O) groups excluding carboxylic acids is 1. The fraction of sp³-hybridized carbons (Fsp3) is 0.607. The number of sulfone groups is 1. The van der Waals surface area contributed by atoms with Gasteiger partial charge < -0.3 is 9.32 Å². The van der Waals surface area contributed by atoms with E-state index < -0.39 is 27.8 Å². The highest BCUT2D eigenvalue weighted by Gasteiger charge is 2.40. The summed E-state index contributed by atoms with van der Waals surface area (Å²) in [7, 11) is -2.97. The van der Waals surface area contributed by atoms with Crippen LogP contribution < -0.4 is 4.90 Å². The number of nitriles is 1. The highest BCUT2D eigenvalue weighted by atomic mass is 32.2. The lowest BCUT2D eigenvalue weighted by Gasteiger charge is -2.32. The quantitative estimate of drug-likeness (QED) is 0.506. The Morgan fingerprint density at radius 3 is 2.46 bits per heavy atom. The Hall–Kier alpha value is -2.73. The van der Waals surface area contributed by atoms with E-state index in [-0.39, 0.29) is 41.5 Å². The summed E-state index contributed by atoms with van der Waals surface area (Å²) >= 11 is 0. The van der Waals surface area contributed by atoms with Crippen LogP contribution in [-0.2, 0) is 20.0 Å². The van der Waals surface area contributed by atoms with Gasteiger partial charge in [-0.2, -0.15) is 5.26 Å². The predicted molar refractivity (Wildman–Crippen MR) is 141 cm³/mol. The van der Waals surface area contributed by atoms with Gasteiger partial charge in [0.2, 0.25) is 5.89 Å². The lowest BCUT2D eigenvalue weighted by Crippen LogP contribution is -2.40. The zero-order valence-electron chi connectivity index (χ0n) is 22.0. The summed E-state index contributed by atoms with van der Waals surface area (Å²) in [5, 5.41) is 9.21. The second kappa shape index (κ2) is 10.6. The minimum Gasteiger partial charge on any atom is -0.440 e. The number of rotatable bonds is 6. The van der Waals surface area contributed by atoms with E-state index in [0.29, 0.717) is 43.3 Å². The van der Waals surface area contributed by atoms with E-state index in [4.69, 9.17) is 9.40 Å². The first kappa shape index (κ1) is 27.3. The first-order valence-corrected chi connectivity index (χ1v) is 14.8. The number of ketones is 1. The van der Waals surface area contributed by atoms with Gasteiger partial charge in [-0.05, 0) is 50.5 Å². The zero-order valence-corrected chi connectivity index (χ0v) is 22.9. The molecule has 0 radical (unpaired) electrons. The number of alkyl halides is 1. The van der Waals surface area contributed by atoms with Gasteiger partial charge in [-0.3, -0.25) is 4.79 Å². The van der Waals surface area contributed by atoms with Gasteiger partial charge in [0.25, 0.3) is 0 Å². The predicted octanol–water partition coefficient (Wildman–Crippen LogP) is 5.21. The molecule has 4 rings (SSSR count). The van der Waals surface area contributed by atoms with Gasteiger partial charge in [0.15, 0.2) is 15.6 Å². The maximum absolute atomic E-state index is 14.5. The van der Waals surface area contributed by atoms with Gasteiger partial charge in [0, 0.05) is 48.0 Å². The summed E-state index contributed by atoms with van der Waals surface area (Å²) in [5.41, 5.74) is 2.06. The van der Waals surface area contributed by atoms with E-state index in [2.05, 4.69) is 11.0 Å². The molecule has 0 spiro atoms. The Morgan fingerprint density at radius 2 is 1.86 bits per heavy atom. The molecule has 37 heavy (non-hydrogen) atoms. The van der Waals surface area contributed by atoms with Crippen LogP contribution in [-0.4, -0.2) is 50.0 Å². The third-order valence-corrected chi connectivity index (χ3v) is 9.02. The first-order valence-electron chi connectivity index (χ1n) is 13.0. The van der Waals surface area contributed by atoms with Crippen LogP contribution >= 0.6 is 0 Å². The van der Waals surface area contributed by atoms with Crippen molar-refractivity contribution in [3.05, 3.63) is 35.9 Å². The van der Waals surface area contributed by atoms with Gasteiger partial charge >= 0.3 is 0 Å². The lowest BCUT2D eigenvalue weighted by atomic mass is 9.72. The van der Waals surface area contributed by atoms with Crippen LogP contribution in [0.4, 0.5) is 10.1 Å². The van der Waals surface area contributed by atoms with Gasteiger partial charge in [0.05, 0.1) is 29.2 Å². The number of anilines is 1. The lowest BCUT2D eigenvalue weighted by molar-refractivity contribution is -0.125. The highest BCUT2D eigenvalue weighted by Crippen LogP contribution is 2.45. The SMILES string of the molecule is C[C@@H](C#N)CC(=O)[C@@H]1C[C@@H](F)CC[C@H]1c1nc(C(C)(C)C)oc1-c1ccc(N2CCS(=O)(=O)CC2)cc1. The van der Waals surface area contributed by atoms with E-state index in [1.54, 1.807) is 6.92 Å². The van der Waals surface area contributed by atoms with Crippen LogP contribution in [0.1, 0.15) is 70.9 Å². The Labute approximate surface area is 219 Å². The number of hydrogen-bond acceptors (Lipinski definition) is 7. The van der Waals surface area contributed by atoms with Crippen molar-refractivity contribution in [1.82, 2.24) is 4.98 Å². The molecule has 1 saturated heterocycles. The minimum atomic E-state index is -2.97. The van der Waals surface area contributed by atoms with Crippen LogP contribution in [0.25, 0.3) is 11.3 Å². The van der Waals surface area contributed by atoms with Gasteiger partial charge in [-0.1, -0.05) is 20.8 Å². The highest BCUT2D eigenvalue weighted by molar-refractivity contribution is 7.91. The number of halogens is 1. The summed E-state index contributed by atoms with van der Waals surface area (Å²) in [6.07, 6.45) is 0.0326. The number of oxazole rings is 1. The standard InChI is InChI=1S/C28H36FN3O4S/c1-18(17-30)15-24(33)23-16-20(29)7-10-22(23)25-26(36-27(31-25)28(2,3)4)19-5-8-21(9-6-19)32-11-13-37(34,35)14-12-32/h5-6,8-9,18,20,22-23H,7,10-16H2,1-4H3/t18-,20+,22-,23-/m1/s1. The average Bonchev–Trinajstić information content (AvgIpc) is 3.30. The Kier molecular flexibility index (Phi) is 7.80. The molecule has 2 aliphatic rings. The molecule has 4 atom stereocenters. The van der Waals surface area contributed by atoms with Crippen molar-refractivity contribution in [2.24, 2.45) is 11.8 Å². The van der Waals surface area contributed by atoms with Crippen molar-refractivity contribution < 1.29 is 22.0 Å². The molecule has 9 heteroatoms. The Morgan fingerprint density at radius 1 is 1.22 bits per heavy atom. The molecule has 0 bridgehead atoms. The second-order valence-electron chi connectivity index (χ2n) is 11.5. The monoisotopic (exact) mass is 529 g/mol.